The van der Waals surface area contributed by atoms with Crippen LogP contribution in [0.5, 0.6) is 0 Å². The third kappa shape index (κ3) is 2.83. The summed E-state index contributed by atoms with van der Waals surface area (Å²) in [6, 6.07) is 6.00. The number of fused-ring (bicyclic) bond motifs is 1. The van der Waals surface area contributed by atoms with E-state index in [1.54, 1.807) is 0 Å². The van der Waals surface area contributed by atoms with Gasteiger partial charge in [0.1, 0.15) is 5.58 Å². The lowest BCUT2D eigenvalue weighted by Gasteiger charge is -2.39. The summed E-state index contributed by atoms with van der Waals surface area (Å²) in [5, 5.41) is 1.00. The first-order valence-electron chi connectivity index (χ1n) is 10.6. The quantitative estimate of drug-likeness (QED) is 0.811. The van der Waals surface area contributed by atoms with Crippen molar-refractivity contribution in [1.82, 2.24) is 9.80 Å². The monoisotopic (exact) mass is 380 g/mol. The van der Waals surface area contributed by atoms with Crippen molar-refractivity contribution in [3.05, 3.63) is 35.1 Å². The van der Waals surface area contributed by atoms with Gasteiger partial charge in [0.15, 0.2) is 5.76 Å². The van der Waals surface area contributed by atoms with Crippen LogP contribution in [0.2, 0.25) is 0 Å². The summed E-state index contributed by atoms with van der Waals surface area (Å²) in [4.78, 5) is 30.4. The smallest absolute Gasteiger partial charge is 0.289 e. The lowest BCUT2D eigenvalue weighted by Crippen LogP contribution is -2.50. The van der Waals surface area contributed by atoms with Crippen molar-refractivity contribution in [2.24, 2.45) is 11.3 Å². The third-order valence-electron chi connectivity index (χ3n) is 6.93. The summed E-state index contributed by atoms with van der Waals surface area (Å²) in [6.45, 7) is 6.95. The third-order valence-corrected chi connectivity index (χ3v) is 6.93. The highest BCUT2D eigenvalue weighted by Crippen LogP contribution is 2.42. The Labute approximate surface area is 165 Å². The first-order valence-corrected chi connectivity index (χ1v) is 10.6. The average Bonchev–Trinajstić information content (AvgIpc) is 3.31. The van der Waals surface area contributed by atoms with E-state index >= 15 is 0 Å². The number of likely N-dealkylation sites (tertiary alicyclic amines) is 2. The molecule has 1 atom stereocenters. The van der Waals surface area contributed by atoms with E-state index in [4.69, 9.17) is 4.42 Å². The van der Waals surface area contributed by atoms with Gasteiger partial charge in [-0.25, -0.2) is 0 Å². The molecule has 1 spiro atoms. The van der Waals surface area contributed by atoms with Crippen LogP contribution in [0, 0.1) is 25.2 Å². The molecule has 5 heteroatoms. The molecule has 0 radical (unpaired) electrons. The topological polar surface area (TPSA) is 53.8 Å². The maximum Gasteiger partial charge on any atom is 0.289 e. The van der Waals surface area contributed by atoms with E-state index in [1.807, 2.05) is 30.9 Å². The lowest BCUT2D eigenvalue weighted by atomic mass is 9.78. The zero-order chi connectivity index (χ0) is 19.5. The van der Waals surface area contributed by atoms with Gasteiger partial charge in [0.25, 0.3) is 5.91 Å². The van der Waals surface area contributed by atoms with E-state index < -0.39 is 0 Å². The second kappa shape index (κ2) is 6.36. The van der Waals surface area contributed by atoms with E-state index in [0.29, 0.717) is 24.8 Å². The number of rotatable bonds is 3. The highest BCUT2D eigenvalue weighted by Gasteiger charge is 2.50. The molecule has 1 aliphatic carbocycles. The number of amides is 2. The summed E-state index contributed by atoms with van der Waals surface area (Å²) < 4.78 is 5.93. The minimum absolute atomic E-state index is 0.0738. The van der Waals surface area contributed by atoms with Gasteiger partial charge in [0, 0.05) is 37.1 Å². The Morgan fingerprint density at radius 1 is 1.21 bits per heavy atom. The van der Waals surface area contributed by atoms with E-state index in [1.165, 1.54) is 12.8 Å². The fraction of sp³-hybridized carbons (Fsp3) is 0.565. The van der Waals surface area contributed by atoms with Gasteiger partial charge in [0.2, 0.25) is 5.91 Å². The Bertz CT molecular complexity index is 958. The number of nitrogens with zero attached hydrogens (tertiary/aromatic N) is 2. The summed E-state index contributed by atoms with van der Waals surface area (Å²) in [5.41, 5.74) is 2.43. The van der Waals surface area contributed by atoms with Crippen molar-refractivity contribution in [3.8, 4) is 0 Å². The van der Waals surface area contributed by atoms with Crippen LogP contribution in [0.15, 0.2) is 22.6 Å². The zero-order valence-corrected chi connectivity index (χ0v) is 16.8. The van der Waals surface area contributed by atoms with E-state index in [0.717, 1.165) is 54.4 Å². The first-order chi connectivity index (χ1) is 13.5. The largest absolute Gasteiger partial charge is 0.451 e. The lowest BCUT2D eigenvalue weighted by molar-refractivity contribution is -0.145. The summed E-state index contributed by atoms with van der Waals surface area (Å²) >= 11 is 0. The fourth-order valence-corrected chi connectivity index (χ4v) is 5.05. The minimum atomic E-state index is -0.376. The number of hydrogen-bond acceptors (Lipinski definition) is 3. The molecule has 2 saturated heterocycles. The van der Waals surface area contributed by atoms with Crippen LogP contribution < -0.4 is 0 Å². The molecule has 1 aromatic carbocycles. The maximum absolute atomic E-state index is 13.2. The molecule has 5 nitrogen and oxygen atoms in total. The van der Waals surface area contributed by atoms with Gasteiger partial charge in [-0.1, -0.05) is 11.6 Å². The van der Waals surface area contributed by atoms with Gasteiger partial charge in [-0.15, -0.1) is 0 Å². The average molecular weight is 380 g/mol. The van der Waals surface area contributed by atoms with Gasteiger partial charge in [0.05, 0.1) is 5.41 Å². The molecule has 3 fully saturated rings. The molecule has 0 bridgehead atoms. The number of carbonyl (C=O) groups is 2. The van der Waals surface area contributed by atoms with Gasteiger partial charge >= 0.3 is 0 Å². The predicted molar refractivity (Wildman–Crippen MR) is 107 cm³/mol. The highest BCUT2D eigenvalue weighted by molar-refractivity contribution is 5.99. The summed E-state index contributed by atoms with van der Waals surface area (Å²) in [6.07, 6.45) is 5.23. The number of piperidine rings is 1. The fourth-order valence-electron chi connectivity index (χ4n) is 5.05. The maximum atomic E-state index is 13.2. The van der Waals surface area contributed by atoms with Crippen LogP contribution in [0.4, 0.5) is 0 Å². The number of carbonyl (C=O) groups excluding carboxylic acids is 2. The van der Waals surface area contributed by atoms with Crippen molar-refractivity contribution in [2.75, 3.05) is 26.2 Å². The molecule has 3 aliphatic rings. The number of furan rings is 1. The molecule has 1 saturated carbocycles. The van der Waals surface area contributed by atoms with Gasteiger partial charge in [-0.2, -0.15) is 0 Å². The minimum Gasteiger partial charge on any atom is -0.451 e. The van der Waals surface area contributed by atoms with Crippen molar-refractivity contribution in [2.45, 2.75) is 46.0 Å². The van der Waals surface area contributed by atoms with Crippen molar-refractivity contribution >= 4 is 22.8 Å². The second-order valence-electron chi connectivity index (χ2n) is 9.11. The Morgan fingerprint density at radius 2 is 2.04 bits per heavy atom. The van der Waals surface area contributed by atoms with Crippen LogP contribution in [0.1, 0.15) is 53.8 Å². The van der Waals surface area contributed by atoms with Gasteiger partial charge in [-0.3, -0.25) is 9.59 Å². The molecule has 1 aromatic heterocycles. The standard InChI is InChI=1S/C23H28N2O3/c1-15-4-7-19-18(12-15)16(2)20(28-19)21(26)25-11-9-23(14-25)8-3-10-24(22(23)27)13-17-5-6-17/h4,7,12,17H,3,5-6,8-11,13-14H2,1-2H3. The van der Waals surface area contributed by atoms with Crippen LogP contribution in [-0.4, -0.2) is 47.8 Å². The van der Waals surface area contributed by atoms with Crippen LogP contribution >= 0.6 is 0 Å². The molecule has 3 heterocycles. The molecular weight excluding hydrogens is 352 g/mol. The number of hydrogen-bond donors (Lipinski definition) is 0. The van der Waals surface area contributed by atoms with E-state index in [2.05, 4.69) is 11.0 Å². The van der Waals surface area contributed by atoms with Crippen LogP contribution in [-0.2, 0) is 4.79 Å². The molecule has 0 N–H and O–H groups in total. The van der Waals surface area contributed by atoms with E-state index in [9.17, 15) is 9.59 Å². The molecule has 2 amide bonds. The molecule has 5 rings (SSSR count). The Morgan fingerprint density at radius 3 is 2.82 bits per heavy atom. The number of aryl methyl sites for hydroxylation is 2. The van der Waals surface area contributed by atoms with Gasteiger partial charge in [-0.05, 0) is 64.0 Å². The first kappa shape index (κ1) is 17.8. The van der Waals surface area contributed by atoms with Crippen LogP contribution in [0.25, 0.3) is 11.0 Å². The van der Waals surface area contributed by atoms with Crippen LogP contribution in [0.3, 0.4) is 0 Å². The summed E-state index contributed by atoms with van der Waals surface area (Å²) in [7, 11) is 0. The van der Waals surface area contributed by atoms with Crippen molar-refractivity contribution < 1.29 is 14.0 Å². The normalized spacial score (nSPS) is 25.3. The molecular formula is C23H28N2O3. The molecule has 2 aromatic rings. The number of benzene rings is 1. The van der Waals surface area contributed by atoms with Crippen molar-refractivity contribution in [1.29, 1.82) is 0 Å². The SMILES string of the molecule is Cc1ccc2oc(C(=O)N3CCC4(CCCN(CC5CC5)C4=O)C3)c(C)c2c1. The molecule has 2 aliphatic heterocycles. The zero-order valence-electron chi connectivity index (χ0n) is 16.8. The molecule has 1 unspecified atom stereocenters. The predicted octanol–water partition coefficient (Wildman–Crippen LogP) is 3.91. The van der Waals surface area contributed by atoms with E-state index in [-0.39, 0.29) is 17.2 Å². The molecule has 148 valence electrons. The Balaban J connectivity index is 1.37. The Hall–Kier alpha value is -2.30. The molecule has 28 heavy (non-hydrogen) atoms. The Kier molecular flexibility index (Phi) is 4.04. The highest BCUT2D eigenvalue weighted by atomic mass is 16.3. The summed E-state index contributed by atoms with van der Waals surface area (Å²) in [5.74, 6) is 1.34. The van der Waals surface area contributed by atoms with Crippen molar-refractivity contribution in [3.63, 3.8) is 0 Å². The second-order valence-corrected chi connectivity index (χ2v) is 9.11. The van der Waals surface area contributed by atoms with Gasteiger partial charge < -0.3 is 14.2 Å².